The minimum absolute atomic E-state index is 0.107. The number of likely N-dealkylation sites (N-methyl/N-ethyl adjacent to an activating group) is 1. The van der Waals surface area contributed by atoms with Crippen molar-refractivity contribution in [1.29, 1.82) is 0 Å². The van der Waals surface area contributed by atoms with Crippen molar-refractivity contribution in [1.82, 2.24) is 10.2 Å². The van der Waals surface area contributed by atoms with E-state index in [0.717, 1.165) is 5.56 Å². The van der Waals surface area contributed by atoms with Crippen molar-refractivity contribution >= 4 is 11.8 Å². The van der Waals surface area contributed by atoms with E-state index in [-0.39, 0.29) is 30.8 Å². The van der Waals surface area contributed by atoms with Crippen molar-refractivity contribution in [3.05, 3.63) is 65.7 Å². The summed E-state index contributed by atoms with van der Waals surface area (Å²) < 4.78 is 17.0. The molecule has 0 saturated heterocycles. The van der Waals surface area contributed by atoms with E-state index in [9.17, 15) is 9.59 Å². The Morgan fingerprint density at radius 2 is 1.69 bits per heavy atom. The number of benzene rings is 2. The molecule has 0 aromatic heterocycles. The van der Waals surface area contributed by atoms with Gasteiger partial charge < -0.3 is 24.4 Å². The topological polar surface area (TPSA) is 77.1 Å². The lowest BCUT2D eigenvalue weighted by Gasteiger charge is -2.28. The molecular weight excluding hydrogens is 408 g/mol. The molecular formula is C25H28N2O5. The highest BCUT2D eigenvalue weighted by Gasteiger charge is 2.28. The Kier molecular flexibility index (Phi) is 6.35. The minimum Gasteiger partial charge on any atom is -0.490 e. The zero-order chi connectivity index (χ0) is 22.7. The molecule has 7 nitrogen and oxygen atoms in total. The minimum atomic E-state index is -0.670. The molecule has 0 saturated carbocycles. The van der Waals surface area contributed by atoms with Crippen molar-refractivity contribution in [2.75, 3.05) is 13.8 Å². The van der Waals surface area contributed by atoms with Gasteiger partial charge in [0.15, 0.2) is 11.5 Å². The zero-order valence-electron chi connectivity index (χ0n) is 18.5. The lowest BCUT2D eigenvalue weighted by atomic mass is 10.0. The van der Waals surface area contributed by atoms with Gasteiger partial charge in [-0.1, -0.05) is 30.4 Å². The second-order valence-electron chi connectivity index (χ2n) is 8.13. The number of para-hydroxylation sites is 1. The number of rotatable bonds is 1. The van der Waals surface area contributed by atoms with Crippen molar-refractivity contribution in [2.45, 2.75) is 44.9 Å². The van der Waals surface area contributed by atoms with Gasteiger partial charge in [-0.2, -0.15) is 0 Å². The molecule has 2 aliphatic heterocycles. The van der Waals surface area contributed by atoms with Gasteiger partial charge in [-0.25, -0.2) is 0 Å². The van der Waals surface area contributed by atoms with Crippen LogP contribution in [0.5, 0.6) is 17.2 Å². The largest absolute Gasteiger partial charge is 0.490 e. The Labute approximate surface area is 188 Å². The molecule has 2 aromatic carbocycles. The molecule has 0 fully saturated rings. The van der Waals surface area contributed by atoms with E-state index >= 15 is 0 Å². The van der Waals surface area contributed by atoms with Crippen LogP contribution in [0.1, 0.15) is 48.7 Å². The molecule has 0 radical (unpaired) electrons. The normalized spacial score (nSPS) is 24.7. The standard InChI is InChI=1S/C25H28N2O5/c1-16-8-4-6-10-20(18-12-13-22-23(14-18)31-15-30-22)26-24(28)17(2)27(3)25(29)19-9-5-7-11-21(19)32-16/h4-7,9,11-14,16-17,20H,8,10,15H2,1-3H3,(H,26,28)/b6-4+/t16-,17+,20-/m1/s1. The van der Waals surface area contributed by atoms with Gasteiger partial charge in [0.2, 0.25) is 12.7 Å². The quantitative estimate of drug-likeness (QED) is 0.687. The lowest BCUT2D eigenvalue weighted by Crippen LogP contribution is -2.47. The van der Waals surface area contributed by atoms with E-state index in [1.54, 1.807) is 32.2 Å². The molecule has 4 rings (SSSR count). The number of fused-ring (bicyclic) bond motifs is 2. The van der Waals surface area contributed by atoms with Crippen molar-refractivity contribution in [3.8, 4) is 17.2 Å². The number of hydrogen-bond donors (Lipinski definition) is 1. The van der Waals surface area contributed by atoms with Crippen molar-refractivity contribution < 1.29 is 23.8 Å². The predicted molar refractivity (Wildman–Crippen MR) is 120 cm³/mol. The third-order valence-electron chi connectivity index (χ3n) is 5.85. The van der Waals surface area contributed by atoms with E-state index in [1.807, 2.05) is 43.3 Å². The smallest absolute Gasteiger partial charge is 0.258 e. The number of amides is 2. The molecule has 168 valence electrons. The fourth-order valence-electron chi connectivity index (χ4n) is 3.77. The maximum atomic E-state index is 13.2. The zero-order valence-corrected chi connectivity index (χ0v) is 18.5. The third-order valence-corrected chi connectivity index (χ3v) is 5.85. The van der Waals surface area contributed by atoms with Crippen molar-refractivity contribution in [2.24, 2.45) is 0 Å². The number of carbonyl (C=O) groups is 2. The molecule has 2 amide bonds. The van der Waals surface area contributed by atoms with Crippen LogP contribution in [-0.2, 0) is 4.79 Å². The van der Waals surface area contributed by atoms with Crippen LogP contribution in [0.15, 0.2) is 54.6 Å². The number of nitrogens with zero attached hydrogens (tertiary/aromatic N) is 1. The second-order valence-corrected chi connectivity index (χ2v) is 8.13. The summed E-state index contributed by atoms with van der Waals surface area (Å²) in [5, 5.41) is 3.10. The summed E-state index contributed by atoms with van der Waals surface area (Å²) in [6.45, 7) is 3.89. The molecule has 7 heteroatoms. The van der Waals surface area contributed by atoms with Crippen LogP contribution >= 0.6 is 0 Å². The monoisotopic (exact) mass is 436 g/mol. The first kappa shape index (κ1) is 21.7. The second kappa shape index (κ2) is 9.34. The SMILES string of the molecule is C[C@@H]1C/C=C/C[C@H](c2ccc3c(c2)OCO3)NC(=O)[C@H](C)N(C)C(=O)c2ccccc2O1. The van der Waals surface area contributed by atoms with Gasteiger partial charge in [0.25, 0.3) is 5.91 Å². The van der Waals surface area contributed by atoms with Gasteiger partial charge in [-0.15, -0.1) is 0 Å². The van der Waals surface area contributed by atoms with Crippen LogP contribution < -0.4 is 19.5 Å². The molecule has 2 aromatic rings. The molecule has 0 spiro atoms. The first-order chi connectivity index (χ1) is 15.4. The van der Waals surface area contributed by atoms with Crippen LogP contribution in [0.2, 0.25) is 0 Å². The lowest BCUT2D eigenvalue weighted by molar-refractivity contribution is -0.125. The summed E-state index contributed by atoms with van der Waals surface area (Å²) in [6, 6.07) is 11.9. The average molecular weight is 437 g/mol. The van der Waals surface area contributed by atoms with Gasteiger partial charge >= 0.3 is 0 Å². The predicted octanol–water partition coefficient (Wildman–Crippen LogP) is 3.85. The van der Waals surface area contributed by atoms with E-state index in [1.165, 1.54) is 4.90 Å². The van der Waals surface area contributed by atoms with Crippen LogP contribution in [-0.4, -0.2) is 42.7 Å². The van der Waals surface area contributed by atoms with Gasteiger partial charge in [0, 0.05) is 13.5 Å². The van der Waals surface area contributed by atoms with E-state index < -0.39 is 6.04 Å². The fourth-order valence-corrected chi connectivity index (χ4v) is 3.77. The van der Waals surface area contributed by atoms with E-state index in [0.29, 0.717) is 35.7 Å². The van der Waals surface area contributed by atoms with Gasteiger partial charge in [0.05, 0.1) is 17.7 Å². The maximum Gasteiger partial charge on any atom is 0.258 e. The molecule has 3 atom stereocenters. The average Bonchev–Trinajstić information content (AvgIpc) is 3.27. The summed E-state index contributed by atoms with van der Waals surface area (Å²) >= 11 is 0. The molecule has 2 aliphatic rings. The van der Waals surface area contributed by atoms with Crippen LogP contribution in [0.4, 0.5) is 0 Å². The Hall–Kier alpha value is -3.48. The summed E-state index contributed by atoms with van der Waals surface area (Å²) in [7, 11) is 1.63. The summed E-state index contributed by atoms with van der Waals surface area (Å²) in [5.41, 5.74) is 1.35. The van der Waals surface area contributed by atoms with Gasteiger partial charge in [-0.3, -0.25) is 9.59 Å². The van der Waals surface area contributed by atoms with Crippen molar-refractivity contribution in [3.63, 3.8) is 0 Å². The molecule has 0 aliphatic carbocycles. The van der Waals surface area contributed by atoms with Gasteiger partial charge in [0.1, 0.15) is 11.8 Å². The Morgan fingerprint density at radius 1 is 0.938 bits per heavy atom. The molecule has 0 unspecified atom stereocenters. The summed E-state index contributed by atoms with van der Waals surface area (Å²) in [5.74, 6) is 1.38. The van der Waals surface area contributed by atoms with Crippen LogP contribution in [0.3, 0.4) is 0 Å². The first-order valence-electron chi connectivity index (χ1n) is 10.8. The highest BCUT2D eigenvalue weighted by atomic mass is 16.7. The third kappa shape index (κ3) is 4.56. The van der Waals surface area contributed by atoms with Crippen LogP contribution in [0, 0.1) is 0 Å². The van der Waals surface area contributed by atoms with Crippen LogP contribution in [0.25, 0.3) is 0 Å². The molecule has 0 bridgehead atoms. The van der Waals surface area contributed by atoms with E-state index in [4.69, 9.17) is 14.2 Å². The Morgan fingerprint density at radius 3 is 2.53 bits per heavy atom. The summed E-state index contributed by atoms with van der Waals surface area (Å²) in [4.78, 5) is 27.7. The summed E-state index contributed by atoms with van der Waals surface area (Å²) in [6.07, 6.45) is 5.26. The fraction of sp³-hybridized carbons (Fsp3) is 0.360. The first-order valence-corrected chi connectivity index (χ1v) is 10.8. The van der Waals surface area contributed by atoms with E-state index in [2.05, 4.69) is 5.32 Å². The highest BCUT2D eigenvalue weighted by molar-refractivity contribution is 5.99. The number of carbonyl (C=O) groups excluding carboxylic acids is 2. The maximum absolute atomic E-state index is 13.2. The number of ether oxygens (including phenoxy) is 3. The van der Waals surface area contributed by atoms with Gasteiger partial charge in [-0.05, 0) is 50.1 Å². The number of hydrogen-bond acceptors (Lipinski definition) is 5. The molecule has 32 heavy (non-hydrogen) atoms. The highest BCUT2D eigenvalue weighted by Crippen LogP contribution is 2.35. The Bertz CT molecular complexity index is 1030. The number of nitrogens with one attached hydrogen (secondary N) is 1. The molecule has 1 N–H and O–H groups in total. The Balaban J connectivity index is 1.64. The molecule has 2 heterocycles.